The molecule has 0 spiro atoms. The molecule has 0 bridgehead atoms. The van der Waals surface area contributed by atoms with Crippen LogP contribution in [0.5, 0.6) is 0 Å². The van der Waals surface area contributed by atoms with Crippen LogP contribution in [0.3, 0.4) is 0 Å². The summed E-state index contributed by atoms with van der Waals surface area (Å²) in [6.07, 6.45) is 1.07. The first kappa shape index (κ1) is 30.1. The molecular formula is C24H35N5O7S. The second kappa shape index (κ2) is 14.0. The Hall–Kier alpha value is -3.13. The maximum absolute atomic E-state index is 12.9. The van der Waals surface area contributed by atoms with Crippen LogP contribution in [0, 0.1) is 0 Å². The molecule has 0 aliphatic rings. The first-order valence-electron chi connectivity index (χ1n) is 11.8. The van der Waals surface area contributed by atoms with Crippen LogP contribution in [0.25, 0.3) is 10.9 Å². The van der Waals surface area contributed by atoms with E-state index in [9.17, 15) is 34.5 Å². The van der Waals surface area contributed by atoms with Crippen LogP contribution in [-0.2, 0) is 25.6 Å². The maximum Gasteiger partial charge on any atom is 0.326 e. The van der Waals surface area contributed by atoms with E-state index in [2.05, 4.69) is 20.9 Å². The number of carbonyl (C=O) groups excluding carboxylic acids is 3. The highest BCUT2D eigenvalue weighted by atomic mass is 32.2. The van der Waals surface area contributed by atoms with Gasteiger partial charge in [-0.2, -0.15) is 11.8 Å². The van der Waals surface area contributed by atoms with Crippen LogP contribution in [-0.4, -0.2) is 92.4 Å². The monoisotopic (exact) mass is 537 g/mol. The number of aromatic amines is 1. The van der Waals surface area contributed by atoms with E-state index in [0.29, 0.717) is 5.75 Å². The van der Waals surface area contributed by atoms with Crippen molar-refractivity contribution in [1.82, 2.24) is 20.9 Å². The first-order chi connectivity index (χ1) is 17.5. The van der Waals surface area contributed by atoms with Crippen molar-refractivity contribution in [1.29, 1.82) is 0 Å². The molecule has 1 aromatic carbocycles. The quantitative estimate of drug-likeness (QED) is 0.150. The Kier molecular flexibility index (Phi) is 11.4. The summed E-state index contributed by atoms with van der Waals surface area (Å²) < 4.78 is 0. The number of nitrogens with one attached hydrogen (secondary N) is 4. The Balaban J connectivity index is 2.07. The number of carboxylic acid groups (broad SMARTS) is 1. The molecule has 3 amide bonds. The highest BCUT2D eigenvalue weighted by Crippen LogP contribution is 2.18. The first-order valence-corrected chi connectivity index (χ1v) is 13.1. The van der Waals surface area contributed by atoms with Crippen molar-refractivity contribution in [3.05, 3.63) is 36.0 Å². The standard InChI is InChI=1S/C24H35N5O7S/c1-12(30)19(22(33)27-18(24(35)36)8-9-37-3)29-23(34)20(13(2)31)28-21(32)16(25)10-14-11-26-17-7-5-4-6-15(14)17/h4-7,11-13,16,18-20,26,30-31H,8-10,25H2,1-3H3,(H,27,33)(H,28,32)(H,29,34)(H,35,36). The summed E-state index contributed by atoms with van der Waals surface area (Å²) >= 11 is 1.40. The number of aliphatic carboxylic acids is 1. The summed E-state index contributed by atoms with van der Waals surface area (Å²) in [7, 11) is 0. The molecule has 12 nitrogen and oxygen atoms in total. The molecule has 0 aliphatic carbocycles. The highest BCUT2D eigenvalue weighted by molar-refractivity contribution is 7.98. The van der Waals surface area contributed by atoms with E-state index in [1.54, 1.807) is 12.5 Å². The van der Waals surface area contributed by atoms with E-state index < -0.39 is 60.1 Å². The van der Waals surface area contributed by atoms with Crippen molar-refractivity contribution in [2.45, 2.75) is 63.1 Å². The van der Waals surface area contributed by atoms with Gasteiger partial charge in [0.25, 0.3) is 0 Å². The van der Waals surface area contributed by atoms with Gasteiger partial charge in [0.2, 0.25) is 17.7 Å². The Morgan fingerprint density at radius 2 is 1.54 bits per heavy atom. The van der Waals surface area contributed by atoms with Gasteiger partial charge in [-0.05, 0) is 50.3 Å². The number of hydrogen-bond donors (Lipinski definition) is 8. The molecule has 0 saturated carbocycles. The molecule has 0 fully saturated rings. The van der Waals surface area contributed by atoms with Gasteiger partial charge in [-0.1, -0.05) is 18.2 Å². The van der Waals surface area contributed by atoms with Gasteiger partial charge in [0, 0.05) is 17.1 Å². The molecule has 204 valence electrons. The number of aliphatic hydroxyl groups excluding tert-OH is 2. The van der Waals surface area contributed by atoms with Gasteiger partial charge >= 0.3 is 5.97 Å². The van der Waals surface area contributed by atoms with Crippen molar-refractivity contribution in [2.24, 2.45) is 5.73 Å². The number of thioether (sulfide) groups is 1. The van der Waals surface area contributed by atoms with Gasteiger partial charge in [-0.15, -0.1) is 0 Å². The minimum Gasteiger partial charge on any atom is -0.480 e. The minimum absolute atomic E-state index is 0.142. The Morgan fingerprint density at radius 1 is 0.973 bits per heavy atom. The third-order valence-corrected chi connectivity index (χ3v) is 6.45. The van der Waals surface area contributed by atoms with Crippen LogP contribution in [0.2, 0.25) is 0 Å². The van der Waals surface area contributed by atoms with E-state index in [0.717, 1.165) is 16.5 Å². The molecule has 2 rings (SSSR count). The van der Waals surface area contributed by atoms with E-state index in [1.807, 2.05) is 24.3 Å². The van der Waals surface area contributed by atoms with Gasteiger partial charge in [0.05, 0.1) is 18.2 Å². The number of H-pyrrole nitrogens is 1. The smallest absolute Gasteiger partial charge is 0.326 e. The van der Waals surface area contributed by atoms with Crippen LogP contribution in [0.1, 0.15) is 25.8 Å². The minimum atomic E-state index is -1.53. The molecule has 37 heavy (non-hydrogen) atoms. The zero-order chi connectivity index (χ0) is 27.7. The summed E-state index contributed by atoms with van der Waals surface area (Å²) in [4.78, 5) is 52.9. The summed E-state index contributed by atoms with van der Waals surface area (Å²) in [6.45, 7) is 2.52. The molecule has 0 radical (unpaired) electrons. The topological polar surface area (TPSA) is 207 Å². The zero-order valence-corrected chi connectivity index (χ0v) is 21.7. The number of nitrogens with two attached hydrogens (primary N) is 1. The molecule has 0 saturated heterocycles. The van der Waals surface area contributed by atoms with Crippen molar-refractivity contribution in [2.75, 3.05) is 12.0 Å². The number of aromatic nitrogens is 1. The third kappa shape index (κ3) is 8.45. The largest absolute Gasteiger partial charge is 0.480 e. The number of aliphatic hydroxyl groups is 2. The molecule has 1 heterocycles. The summed E-state index contributed by atoms with van der Waals surface area (Å²) in [5.41, 5.74) is 7.75. The number of amides is 3. The summed E-state index contributed by atoms with van der Waals surface area (Å²) in [5.74, 6) is -3.34. The van der Waals surface area contributed by atoms with Gasteiger partial charge in [-0.25, -0.2) is 4.79 Å². The highest BCUT2D eigenvalue weighted by Gasteiger charge is 2.34. The number of rotatable bonds is 14. The van der Waals surface area contributed by atoms with Crippen molar-refractivity contribution in [3.8, 4) is 0 Å². The van der Waals surface area contributed by atoms with Crippen molar-refractivity contribution < 1.29 is 34.5 Å². The van der Waals surface area contributed by atoms with Gasteiger partial charge in [0.1, 0.15) is 18.1 Å². The van der Waals surface area contributed by atoms with Crippen LogP contribution in [0.15, 0.2) is 30.5 Å². The fraction of sp³-hybridized carbons (Fsp3) is 0.500. The molecule has 2 aromatic rings. The lowest BCUT2D eigenvalue weighted by molar-refractivity contribution is -0.143. The Morgan fingerprint density at radius 3 is 2.11 bits per heavy atom. The van der Waals surface area contributed by atoms with Crippen LogP contribution in [0.4, 0.5) is 0 Å². The van der Waals surface area contributed by atoms with Crippen molar-refractivity contribution in [3.63, 3.8) is 0 Å². The van der Waals surface area contributed by atoms with Gasteiger partial charge in [-0.3, -0.25) is 14.4 Å². The van der Waals surface area contributed by atoms with Gasteiger partial charge in [0.15, 0.2) is 0 Å². The fourth-order valence-electron chi connectivity index (χ4n) is 3.70. The number of carbonyl (C=O) groups is 4. The number of benzene rings is 1. The average molecular weight is 538 g/mol. The number of para-hydroxylation sites is 1. The fourth-order valence-corrected chi connectivity index (χ4v) is 4.17. The van der Waals surface area contributed by atoms with Crippen LogP contribution >= 0.6 is 11.8 Å². The van der Waals surface area contributed by atoms with Crippen molar-refractivity contribution >= 4 is 46.4 Å². The molecule has 6 unspecified atom stereocenters. The van der Waals surface area contributed by atoms with E-state index in [1.165, 1.54) is 25.6 Å². The maximum atomic E-state index is 12.9. The summed E-state index contributed by atoms with van der Waals surface area (Å²) in [6, 6.07) is 2.22. The Labute approximate surface area is 218 Å². The number of hydrogen-bond acceptors (Lipinski definition) is 8. The molecule has 6 atom stereocenters. The Bertz CT molecular complexity index is 1090. The lowest BCUT2D eigenvalue weighted by Crippen LogP contribution is -2.62. The zero-order valence-electron chi connectivity index (χ0n) is 20.9. The SMILES string of the molecule is CSCCC(NC(=O)C(NC(=O)C(NC(=O)C(N)Cc1c[nH]c2ccccc12)C(C)O)C(C)O)C(=O)O. The van der Waals surface area contributed by atoms with E-state index in [-0.39, 0.29) is 12.8 Å². The molecule has 13 heteroatoms. The second-order valence-electron chi connectivity index (χ2n) is 8.80. The predicted molar refractivity (Wildman–Crippen MR) is 140 cm³/mol. The molecule has 9 N–H and O–H groups in total. The van der Waals surface area contributed by atoms with E-state index >= 15 is 0 Å². The number of carboxylic acids is 1. The molecule has 0 aliphatic heterocycles. The summed E-state index contributed by atoms with van der Waals surface area (Å²) in [5, 5.41) is 37.5. The van der Waals surface area contributed by atoms with Gasteiger partial charge < -0.3 is 42.0 Å². The molecule has 1 aromatic heterocycles. The predicted octanol–water partition coefficient (Wildman–Crippen LogP) is -0.909. The lowest BCUT2D eigenvalue weighted by atomic mass is 10.0. The normalized spacial score (nSPS) is 16.2. The van der Waals surface area contributed by atoms with Crippen LogP contribution < -0.4 is 21.7 Å². The second-order valence-corrected chi connectivity index (χ2v) is 9.79. The number of fused-ring (bicyclic) bond motifs is 1. The molecular weight excluding hydrogens is 502 g/mol. The third-order valence-electron chi connectivity index (χ3n) is 5.80. The average Bonchev–Trinajstić information content (AvgIpc) is 3.25. The van der Waals surface area contributed by atoms with E-state index in [4.69, 9.17) is 5.73 Å². The lowest BCUT2D eigenvalue weighted by Gasteiger charge is -2.27.